The number of non-ortho nitro benzene ring substituents is 1. The summed E-state index contributed by atoms with van der Waals surface area (Å²) in [5.74, 6) is 1.14. The first-order valence-electron chi connectivity index (χ1n) is 11.8. The van der Waals surface area contributed by atoms with E-state index in [-0.39, 0.29) is 18.2 Å². The predicted molar refractivity (Wildman–Crippen MR) is 137 cm³/mol. The zero-order valence-electron chi connectivity index (χ0n) is 20.1. The molecular weight excluding hydrogens is 446 g/mol. The molecule has 1 fully saturated rings. The lowest BCUT2D eigenvalue weighted by Crippen LogP contribution is -2.36. The quantitative estimate of drug-likeness (QED) is 0.332. The Morgan fingerprint density at radius 3 is 2.43 bits per heavy atom. The number of hydrogen-bond acceptors (Lipinski definition) is 6. The van der Waals surface area contributed by atoms with Crippen molar-refractivity contribution in [2.24, 2.45) is 5.92 Å². The van der Waals surface area contributed by atoms with Gasteiger partial charge in [-0.3, -0.25) is 10.1 Å². The Labute approximate surface area is 204 Å². The maximum Gasteiger partial charge on any atom is 0.407 e. The molecule has 1 aromatic heterocycles. The highest BCUT2D eigenvalue weighted by Crippen LogP contribution is 2.31. The molecular formula is C26H31N5O4. The minimum Gasteiger partial charge on any atom is -0.465 e. The van der Waals surface area contributed by atoms with Crippen LogP contribution in [0.4, 0.5) is 22.0 Å². The summed E-state index contributed by atoms with van der Waals surface area (Å²) in [6, 6.07) is 16.6. The predicted octanol–water partition coefficient (Wildman–Crippen LogP) is 5.36. The number of nitro groups is 1. The van der Waals surface area contributed by atoms with Gasteiger partial charge in [-0.1, -0.05) is 30.3 Å². The summed E-state index contributed by atoms with van der Waals surface area (Å²) in [5.41, 5.74) is 2.82. The average Bonchev–Trinajstić information content (AvgIpc) is 2.84. The molecule has 0 atom stereocenters. The molecule has 2 N–H and O–H groups in total. The van der Waals surface area contributed by atoms with E-state index < -0.39 is 11.0 Å². The number of amides is 1. The number of para-hydroxylation sites is 1. The number of carboxylic acid groups (broad SMARTS) is 1. The van der Waals surface area contributed by atoms with Gasteiger partial charge in [-0.25, -0.2) is 9.78 Å². The number of nitrogens with one attached hydrogen (secondary N) is 1. The molecule has 4 rings (SSSR count). The van der Waals surface area contributed by atoms with E-state index in [9.17, 15) is 20.0 Å². The van der Waals surface area contributed by atoms with Gasteiger partial charge in [0.05, 0.1) is 10.4 Å². The van der Waals surface area contributed by atoms with Crippen LogP contribution in [0.2, 0.25) is 0 Å². The van der Waals surface area contributed by atoms with Gasteiger partial charge in [-0.2, -0.15) is 0 Å². The summed E-state index contributed by atoms with van der Waals surface area (Å²) in [5, 5.41) is 25.3. The third-order valence-electron chi connectivity index (χ3n) is 6.64. The van der Waals surface area contributed by atoms with Crippen LogP contribution in [0, 0.1) is 16.0 Å². The average molecular weight is 478 g/mol. The molecule has 9 nitrogen and oxygen atoms in total. The van der Waals surface area contributed by atoms with Crippen molar-refractivity contribution in [2.45, 2.75) is 38.3 Å². The lowest BCUT2D eigenvalue weighted by Gasteiger charge is -2.32. The van der Waals surface area contributed by atoms with E-state index in [1.54, 1.807) is 12.1 Å². The molecule has 9 heteroatoms. The molecule has 0 spiro atoms. The summed E-state index contributed by atoms with van der Waals surface area (Å²) in [6.07, 6.45) is 2.77. The molecule has 2 aromatic carbocycles. The smallest absolute Gasteiger partial charge is 0.407 e. The SMILES string of the molecule is CN(C)c1cc(N[C@H]2CC[C@@H](CN(Cc3ccc([N+](=O)[O-])cc3)C(=O)O)CC2)nc2ccccc12. The molecule has 0 unspecified atom stereocenters. The lowest BCUT2D eigenvalue weighted by molar-refractivity contribution is -0.384. The molecule has 35 heavy (non-hydrogen) atoms. The maximum absolute atomic E-state index is 11.8. The van der Waals surface area contributed by atoms with E-state index in [2.05, 4.69) is 22.3 Å². The number of fused-ring (bicyclic) bond motifs is 1. The lowest BCUT2D eigenvalue weighted by atomic mass is 9.85. The minimum absolute atomic E-state index is 0.0000492. The van der Waals surface area contributed by atoms with Crippen molar-refractivity contribution in [3.05, 3.63) is 70.3 Å². The molecule has 1 aliphatic rings. The van der Waals surface area contributed by atoms with Crippen molar-refractivity contribution in [1.82, 2.24) is 9.88 Å². The van der Waals surface area contributed by atoms with Crippen molar-refractivity contribution >= 4 is 34.2 Å². The van der Waals surface area contributed by atoms with Crippen LogP contribution < -0.4 is 10.2 Å². The highest BCUT2D eigenvalue weighted by atomic mass is 16.6. The number of hydrogen-bond donors (Lipinski definition) is 2. The van der Waals surface area contributed by atoms with Crippen LogP contribution in [-0.4, -0.2) is 52.7 Å². The molecule has 3 aromatic rings. The third kappa shape index (κ3) is 5.98. The fourth-order valence-corrected chi connectivity index (χ4v) is 4.76. The van der Waals surface area contributed by atoms with Gasteiger partial charge < -0.3 is 20.2 Å². The number of anilines is 2. The second kappa shape index (κ2) is 10.6. The fraction of sp³-hybridized carbons (Fsp3) is 0.385. The van der Waals surface area contributed by atoms with Crippen LogP contribution in [0.1, 0.15) is 31.2 Å². The molecule has 1 saturated carbocycles. The number of benzene rings is 2. The highest BCUT2D eigenvalue weighted by Gasteiger charge is 2.25. The Kier molecular flexibility index (Phi) is 7.33. The minimum atomic E-state index is -0.972. The van der Waals surface area contributed by atoms with E-state index in [0.717, 1.165) is 53.7 Å². The summed E-state index contributed by atoms with van der Waals surface area (Å²) < 4.78 is 0. The van der Waals surface area contributed by atoms with Gasteiger partial charge in [0.15, 0.2) is 0 Å². The highest BCUT2D eigenvalue weighted by molar-refractivity contribution is 5.93. The molecule has 1 amide bonds. The van der Waals surface area contributed by atoms with Gasteiger partial charge in [0.25, 0.3) is 5.69 Å². The monoisotopic (exact) mass is 477 g/mol. The second-order valence-electron chi connectivity index (χ2n) is 9.39. The molecule has 184 valence electrons. The number of nitrogens with zero attached hydrogens (tertiary/aromatic N) is 4. The summed E-state index contributed by atoms with van der Waals surface area (Å²) >= 11 is 0. The number of nitro benzene ring substituents is 1. The van der Waals surface area contributed by atoms with Crippen LogP contribution in [0.25, 0.3) is 10.9 Å². The van der Waals surface area contributed by atoms with Gasteiger partial charge in [-0.15, -0.1) is 0 Å². The maximum atomic E-state index is 11.8. The first-order chi connectivity index (χ1) is 16.8. The van der Waals surface area contributed by atoms with Crippen molar-refractivity contribution in [2.75, 3.05) is 30.9 Å². The fourth-order valence-electron chi connectivity index (χ4n) is 4.76. The Morgan fingerprint density at radius 1 is 1.11 bits per heavy atom. The van der Waals surface area contributed by atoms with Gasteiger partial charge in [-0.05, 0) is 43.2 Å². The number of carbonyl (C=O) groups is 1. The van der Waals surface area contributed by atoms with Gasteiger partial charge in [0, 0.05) is 62.5 Å². The van der Waals surface area contributed by atoms with Crippen LogP contribution in [0.5, 0.6) is 0 Å². The van der Waals surface area contributed by atoms with Crippen molar-refractivity contribution < 1.29 is 14.8 Å². The Balaban J connectivity index is 1.35. The van der Waals surface area contributed by atoms with Crippen molar-refractivity contribution in [3.63, 3.8) is 0 Å². The van der Waals surface area contributed by atoms with E-state index in [1.807, 2.05) is 32.3 Å². The van der Waals surface area contributed by atoms with E-state index in [1.165, 1.54) is 17.0 Å². The standard InChI is InChI=1S/C26H31N5O4/c1-29(2)24-15-25(28-23-6-4-3-5-22(23)24)27-20-11-7-18(8-12-20)16-30(26(32)33)17-19-9-13-21(14-10-19)31(34)35/h3-6,9-10,13-15,18,20H,7-8,11-12,16-17H2,1-2H3,(H,27,28)(H,32,33)/t18-,20+. The topological polar surface area (TPSA) is 112 Å². The van der Waals surface area contributed by atoms with Crippen molar-refractivity contribution in [3.8, 4) is 0 Å². The zero-order chi connectivity index (χ0) is 24.9. The Bertz CT molecular complexity index is 1190. The van der Waals surface area contributed by atoms with Crippen molar-refractivity contribution in [1.29, 1.82) is 0 Å². The molecule has 0 saturated heterocycles. The van der Waals surface area contributed by atoms with E-state index in [4.69, 9.17) is 4.98 Å². The van der Waals surface area contributed by atoms with Crippen LogP contribution in [0.3, 0.4) is 0 Å². The first-order valence-corrected chi connectivity index (χ1v) is 11.8. The molecule has 0 radical (unpaired) electrons. The number of rotatable bonds is 8. The first kappa shape index (κ1) is 24.3. The second-order valence-corrected chi connectivity index (χ2v) is 9.39. The number of aromatic nitrogens is 1. The summed E-state index contributed by atoms with van der Waals surface area (Å²) in [7, 11) is 4.06. The number of pyridine rings is 1. The summed E-state index contributed by atoms with van der Waals surface area (Å²) in [4.78, 5) is 30.5. The molecule has 1 aliphatic carbocycles. The molecule has 1 heterocycles. The Hall–Kier alpha value is -3.88. The van der Waals surface area contributed by atoms with Crippen LogP contribution in [-0.2, 0) is 6.54 Å². The third-order valence-corrected chi connectivity index (χ3v) is 6.64. The van der Waals surface area contributed by atoms with Gasteiger partial charge in [0.2, 0.25) is 0 Å². The normalized spacial score (nSPS) is 17.7. The molecule has 0 bridgehead atoms. The van der Waals surface area contributed by atoms with E-state index in [0.29, 0.717) is 12.6 Å². The molecule has 0 aliphatic heterocycles. The van der Waals surface area contributed by atoms with Crippen LogP contribution in [0.15, 0.2) is 54.6 Å². The van der Waals surface area contributed by atoms with Gasteiger partial charge in [0.1, 0.15) is 5.82 Å². The summed E-state index contributed by atoms with van der Waals surface area (Å²) in [6.45, 7) is 0.678. The van der Waals surface area contributed by atoms with Gasteiger partial charge >= 0.3 is 6.09 Å². The van der Waals surface area contributed by atoms with E-state index >= 15 is 0 Å². The Morgan fingerprint density at radius 2 is 1.80 bits per heavy atom. The van der Waals surface area contributed by atoms with Crippen LogP contribution >= 0.6 is 0 Å². The zero-order valence-corrected chi connectivity index (χ0v) is 20.1. The largest absolute Gasteiger partial charge is 0.465 e.